The largest absolute Gasteiger partial charge is 0.377 e. The Morgan fingerprint density at radius 3 is 2.76 bits per heavy atom. The highest BCUT2D eigenvalue weighted by atomic mass is 32.1. The molecule has 0 atom stereocenters. The molecule has 0 unspecified atom stereocenters. The number of halogens is 1. The second kappa shape index (κ2) is 8.66. The van der Waals surface area contributed by atoms with Crippen molar-refractivity contribution in [2.75, 3.05) is 25.1 Å². The summed E-state index contributed by atoms with van der Waals surface area (Å²) in [5.41, 5.74) is 0.682. The van der Waals surface area contributed by atoms with Crippen LogP contribution in [0, 0.1) is 5.82 Å². The summed E-state index contributed by atoms with van der Waals surface area (Å²) in [6.07, 6.45) is 2.29. The van der Waals surface area contributed by atoms with Gasteiger partial charge in [0.2, 0.25) is 0 Å². The van der Waals surface area contributed by atoms with Gasteiger partial charge in [-0.1, -0.05) is 18.2 Å². The quantitative estimate of drug-likeness (QED) is 0.669. The Hall–Kier alpha value is -1.57. The zero-order chi connectivity index (χ0) is 14.9. The third kappa shape index (κ3) is 6.61. The van der Waals surface area contributed by atoms with Crippen molar-refractivity contribution in [1.82, 2.24) is 10.3 Å². The number of hydrogen-bond acceptors (Lipinski definition) is 4. The van der Waals surface area contributed by atoms with Crippen LogP contribution in [0.5, 0.6) is 0 Å². The first-order chi connectivity index (χ1) is 10.3. The molecule has 2 heterocycles. The predicted molar refractivity (Wildman–Crippen MR) is 87.3 cm³/mol. The zero-order valence-electron chi connectivity index (χ0n) is 11.3. The average Bonchev–Trinajstić information content (AvgIpc) is 3.28. The Labute approximate surface area is 132 Å². The van der Waals surface area contributed by atoms with Gasteiger partial charge < -0.3 is 15.4 Å². The van der Waals surface area contributed by atoms with Gasteiger partial charge in [0.25, 0.3) is 0 Å². The molecule has 1 aliphatic heterocycles. The van der Waals surface area contributed by atoms with Crippen LogP contribution in [0.1, 0.15) is 5.56 Å². The number of epoxide rings is 1. The van der Waals surface area contributed by atoms with Gasteiger partial charge in [-0.25, -0.2) is 9.37 Å². The minimum Gasteiger partial charge on any atom is -0.377 e. The van der Waals surface area contributed by atoms with Gasteiger partial charge in [0.05, 0.1) is 13.2 Å². The second-order valence-electron chi connectivity index (χ2n) is 4.17. The number of ether oxygens (including phenoxy) is 1. The maximum absolute atomic E-state index is 13.3. The van der Waals surface area contributed by atoms with E-state index in [0.717, 1.165) is 18.3 Å². The van der Waals surface area contributed by atoms with Crippen molar-refractivity contribution in [1.29, 1.82) is 0 Å². The summed E-state index contributed by atoms with van der Waals surface area (Å²) < 4.78 is 17.8. The first-order valence-corrected chi connectivity index (χ1v) is 7.80. The van der Waals surface area contributed by atoms with E-state index in [0.29, 0.717) is 23.6 Å². The second-order valence-corrected chi connectivity index (χ2v) is 5.47. The summed E-state index contributed by atoms with van der Waals surface area (Å²) in [6.45, 7) is 2.58. The van der Waals surface area contributed by atoms with Gasteiger partial charge in [0.15, 0.2) is 10.2 Å². The first-order valence-electron chi connectivity index (χ1n) is 6.51. The highest BCUT2D eigenvalue weighted by molar-refractivity contribution is 7.80. The van der Waals surface area contributed by atoms with E-state index in [1.54, 1.807) is 18.3 Å². The lowest BCUT2D eigenvalue weighted by atomic mass is 10.1. The minimum absolute atomic E-state index is 0.182. The smallest absolute Gasteiger partial charge is 0.188 e. The SMILES string of the molecule is C1CO1.Fc1ccccc1CCNC(=S)Nc1nccs1. The van der Waals surface area contributed by atoms with Crippen molar-refractivity contribution < 1.29 is 9.13 Å². The summed E-state index contributed by atoms with van der Waals surface area (Å²) in [5.74, 6) is -0.182. The lowest BCUT2D eigenvalue weighted by Crippen LogP contribution is -2.30. The van der Waals surface area contributed by atoms with Crippen LogP contribution < -0.4 is 10.6 Å². The molecule has 4 nitrogen and oxygen atoms in total. The van der Waals surface area contributed by atoms with Crippen LogP contribution in [0.25, 0.3) is 0 Å². The Bertz CT molecular complexity index is 558. The van der Waals surface area contributed by atoms with Gasteiger partial charge in [-0.3, -0.25) is 0 Å². The summed E-state index contributed by atoms with van der Waals surface area (Å²) in [4.78, 5) is 4.06. The molecule has 1 aromatic carbocycles. The topological polar surface area (TPSA) is 49.5 Å². The van der Waals surface area contributed by atoms with Crippen LogP contribution in [0.15, 0.2) is 35.8 Å². The molecule has 21 heavy (non-hydrogen) atoms. The summed E-state index contributed by atoms with van der Waals surface area (Å²) in [6, 6.07) is 6.74. The molecular weight excluding hydrogens is 309 g/mol. The number of nitrogens with one attached hydrogen (secondary N) is 2. The number of hydrogen-bond donors (Lipinski definition) is 2. The molecule has 1 aliphatic rings. The molecule has 0 saturated carbocycles. The molecule has 0 radical (unpaired) electrons. The molecule has 7 heteroatoms. The predicted octanol–water partition coefficient (Wildman–Crippen LogP) is 2.83. The molecule has 0 aliphatic carbocycles. The molecule has 3 rings (SSSR count). The molecule has 1 aromatic heterocycles. The maximum Gasteiger partial charge on any atom is 0.188 e. The van der Waals surface area contributed by atoms with Crippen molar-refractivity contribution in [3.63, 3.8) is 0 Å². The lowest BCUT2D eigenvalue weighted by Gasteiger charge is -2.08. The molecule has 2 N–H and O–H groups in total. The van der Waals surface area contributed by atoms with E-state index >= 15 is 0 Å². The molecular formula is C14H16FN3OS2. The maximum atomic E-state index is 13.3. The van der Waals surface area contributed by atoms with E-state index in [2.05, 4.69) is 20.4 Å². The fourth-order valence-electron chi connectivity index (χ4n) is 1.44. The van der Waals surface area contributed by atoms with Gasteiger partial charge in [-0.2, -0.15) is 0 Å². The molecule has 0 spiro atoms. The fourth-order valence-corrected chi connectivity index (χ4v) is 2.23. The third-order valence-corrected chi connectivity index (χ3v) is 3.43. The van der Waals surface area contributed by atoms with Crippen molar-refractivity contribution in [3.05, 3.63) is 47.2 Å². The Morgan fingerprint density at radius 2 is 2.14 bits per heavy atom. The number of aromatic nitrogens is 1. The van der Waals surface area contributed by atoms with Crippen molar-refractivity contribution in [3.8, 4) is 0 Å². The van der Waals surface area contributed by atoms with E-state index in [4.69, 9.17) is 12.2 Å². The minimum atomic E-state index is -0.182. The molecule has 1 saturated heterocycles. The van der Waals surface area contributed by atoms with Gasteiger partial charge >= 0.3 is 0 Å². The van der Waals surface area contributed by atoms with E-state index in [1.807, 2.05) is 11.4 Å². The molecule has 1 fully saturated rings. The van der Waals surface area contributed by atoms with Gasteiger partial charge in [-0.05, 0) is 30.3 Å². The number of rotatable bonds is 4. The third-order valence-electron chi connectivity index (χ3n) is 2.49. The number of benzene rings is 1. The van der Waals surface area contributed by atoms with Crippen molar-refractivity contribution in [2.45, 2.75) is 6.42 Å². The number of thiocarbonyl (C=S) groups is 1. The van der Waals surface area contributed by atoms with E-state index in [9.17, 15) is 4.39 Å². The van der Waals surface area contributed by atoms with Crippen molar-refractivity contribution in [2.24, 2.45) is 0 Å². The Balaban J connectivity index is 0.000000477. The zero-order valence-corrected chi connectivity index (χ0v) is 13.0. The Morgan fingerprint density at radius 1 is 1.38 bits per heavy atom. The average molecular weight is 325 g/mol. The number of thiazole rings is 1. The van der Waals surface area contributed by atoms with Crippen LogP contribution in [0.3, 0.4) is 0 Å². The first kappa shape index (κ1) is 15.8. The van der Waals surface area contributed by atoms with Crippen LogP contribution >= 0.6 is 23.6 Å². The number of nitrogens with zero attached hydrogens (tertiary/aromatic N) is 1. The Kier molecular flexibility index (Phi) is 6.52. The van der Waals surface area contributed by atoms with Crippen LogP contribution in [-0.4, -0.2) is 29.9 Å². The fraction of sp³-hybridized carbons (Fsp3) is 0.286. The summed E-state index contributed by atoms with van der Waals surface area (Å²) in [5, 5.41) is 9.09. The van der Waals surface area contributed by atoms with E-state index in [1.165, 1.54) is 17.4 Å². The highest BCUT2D eigenvalue weighted by Gasteiger charge is 2.02. The van der Waals surface area contributed by atoms with Gasteiger partial charge in [0.1, 0.15) is 5.82 Å². The highest BCUT2D eigenvalue weighted by Crippen LogP contribution is 2.10. The molecule has 0 bridgehead atoms. The molecule has 0 amide bonds. The summed E-state index contributed by atoms with van der Waals surface area (Å²) in [7, 11) is 0. The monoisotopic (exact) mass is 325 g/mol. The van der Waals surface area contributed by atoms with Crippen LogP contribution in [0.4, 0.5) is 9.52 Å². The van der Waals surface area contributed by atoms with Crippen molar-refractivity contribution >= 4 is 33.8 Å². The molecule has 2 aromatic rings. The van der Waals surface area contributed by atoms with Gasteiger partial charge in [-0.15, -0.1) is 11.3 Å². The van der Waals surface area contributed by atoms with Gasteiger partial charge in [0, 0.05) is 18.1 Å². The van der Waals surface area contributed by atoms with Crippen LogP contribution in [-0.2, 0) is 11.2 Å². The standard InChI is InChI=1S/C12H12FN3S2.C2H4O/c13-10-4-2-1-3-9(10)5-6-14-11(17)16-12-15-7-8-18-12;1-2-3-1/h1-4,7-8H,5-6H2,(H2,14,15,16,17);1-2H2. The lowest BCUT2D eigenvalue weighted by molar-refractivity contribution is 0.475. The summed E-state index contributed by atoms with van der Waals surface area (Å²) >= 11 is 6.57. The van der Waals surface area contributed by atoms with E-state index in [-0.39, 0.29) is 5.82 Å². The van der Waals surface area contributed by atoms with E-state index < -0.39 is 0 Å². The normalized spacial score (nSPS) is 12.0. The number of anilines is 1. The molecule has 112 valence electrons. The van der Waals surface area contributed by atoms with Crippen LogP contribution in [0.2, 0.25) is 0 Å².